The first kappa shape index (κ1) is 16.9. The molecule has 4 rings (SSSR count). The van der Waals surface area contributed by atoms with E-state index in [-0.39, 0.29) is 36.3 Å². The van der Waals surface area contributed by atoms with E-state index in [1.807, 2.05) is 37.3 Å². The maximum Gasteiger partial charge on any atom is 0.170 e. The topological polar surface area (TPSA) is 60.4 Å². The Kier molecular flexibility index (Phi) is 4.29. The Morgan fingerprint density at radius 2 is 1.46 bits per heavy atom. The summed E-state index contributed by atoms with van der Waals surface area (Å²) in [7, 11) is 0. The first-order valence-corrected chi connectivity index (χ1v) is 8.96. The van der Waals surface area contributed by atoms with Gasteiger partial charge >= 0.3 is 0 Å². The van der Waals surface area contributed by atoms with E-state index < -0.39 is 17.9 Å². The van der Waals surface area contributed by atoms with Crippen molar-refractivity contribution in [1.82, 2.24) is 0 Å². The van der Waals surface area contributed by atoms with Gasteiger partial charge in [0, 0.05) is 29.9 Å². The predicted octanol–water partition coefficient (Wildman–Crippen LogP) is 3.81. The van der Waals surface area contributed by atoms with Crippen molar-refractivity contribution < 1.29 is 19.1 Å². The second kappa shape index (κ2) is 6.61. The zero-order valence-electron chi connectivity index (χ0n) is 14.6. The van der Waals surface area contributed by atoms with Crippen LogP contribution in [0.1, 0.15) is 52.1 Å². The zero-order valence-corrected chi connectivity index (χ0v) is 14.6. The Morgan fingerprint density at radius 1 is 0.846 bits per heavy atom. The maximum atomic E-state index is 13.1. The Morgan fingerprint density at radius 3 is 2.15 bits per heavy atom. The lowest BCUT2D eigenvalue weighted by Crippen LogP contribution is -2.49. The Labute approximate surface area is 152 Å². The highest BCUT2D eigenvalue weighted by Crippen LogP contribution is 2.41. The largest absolute Gasteiger partial charge is 0.369 e. The summed E-state index contributed by atoms with van der Waals surface area (Å²) in [4.78, 5) is 38.2. The number of carbonyl (C=O) groups is 3. The number of benzene rings is 2. The van der Waals surface area contributed by atoms with E-state index in [9.17, 15) is 14.4 Å². The van der Waals surface area contributed by atoms with Gasteiger partial charge < -0.3 is 4.74 Å². The van der Waals surface area contributed by atoms with Crippen LogP contribution in [0.25, 0.3) is 0 Å². The first-order chi connectivity index (χ1) is 12.6. The number of hydrogen-bond donors (Lipinski definition) is 0. The minimum absolute atomic E-state index is 0.0166. The number of carbonyl (C=O) groups excluding carboxylic acids is 3. The lowest BCUT2D eigenvalue weighted by Gasteiger charge is -2.39. The highest BCUT2D eigenvalue weighted by molar-refractivity contribution is 6.17. The molecule has 0 amide bonds. The molecule has 4 nitrogen and oxygen atoms in total. The molecule has 132 valence electrons. The monoisotopic (exact) mass is 348 g/mol. The van der Waals surface area contributed by atoms with Crippen molar-refractivity contribution in [2.45, 2.75) is 32.0 Å². The van der Waals surface area contributed by atoms with E-state index in [1.165, 1.54) is 0 Å². The fourth-order valence-electron chi connectivity index (χ4n) is 4.16. The van der Waals surface area contributed by atoms with E-state index in [1.54, 1.807) is 24.3 Å². The van der Waals surface area contributed by atoms with E-state index >= 15 is 0 Å². The van der Waals surface area contributed by atoms with Crippen LogP contribution in [0.5, 0.6) is 0 Å². The summed E-state index contributed by atoms with van der Waals surface area (Å²) in [6.45, 7) is 1.91. The van der Waals surface area contributed by atoms with Crippen molar-refractivity contribution in [3.63, 3.8) is 0 Å². The summed E-state index contributed by atoms with van der Waals surface area (Å²) >= 11 is 0. The van der Waals surface area contributed by atoms with Crippen molar-refractivity contribution in [3.8, 4) is 0 Å². The number of ether oxygens (including phenoxy) is 1. The quantitative estimate of drug-likeness (QED) is 0.846. The molecule has 0 aliphatic heterocycles. The van der Waals surface area contributed by atoms with Gasteiger partial charge in [0.15, 0.2) is 11.6 Å². The van der Waals surface area contributed by atoms with Crippen LogP contribution in [0.3, 0.4) is 0 Å². The van der Waals surface area contributed by atoms with Crippen LogP contribution in [0, 0.1) is 11.8 Å². The molecule has 0 bridgehead atoms. The van der Waals surface area contributed by atoms with Crippen molar-refractivity contribution >= 4 is 17.3 Å². The van der Waals surface area contributed by atoms with Gasteiger partial charge in [-0.05, 0) is 12.5 Å². The Hall–Kier alpha value is -2.59. The molecule has 2 aliphatic rings. The Balaban J connectivity index is 1.67. The van der Waals surface area contributed by atoms with E-state index in [0.717, 1.165) is 5.56 Å². The minimum Gasteiger partial charge on any atom is -0.369 e. The van der Waals surface area contributed by atoms with E-state index in [0.29, 0.717) is 11.1 Å². The number of fused-ring (bicyclic) bond motifs is 2. The minimum atomic E-state index is -0.605. The third-order valence-electron chi connectivity index (χ3n) is 5.46. The van der Waals surface area contributed by atoms with Gasteiger partial charge in [0.1, 0.15) is 5.78 Å². The van der Waals surface area contributed by atoms with Crippen LogP contribution in [-0.2, 0) is 9.53 Å². The van der Waals surface area contributed by atoms with Crippen LogP contribution in [-0.4, -0.2) is 23.5 Å². The van der Waals surface area contributed by atoms with Crippen molar-refractivity contribution in [1.29, 1.82) is 0 Å². The molecule has 2 aromatic rings. The lowest BCUT2D eigenvalue weighted by molar-refractivity contribution is -0.131. The van der Waals surface area contributed by atoms with Crippen LogP contribution >= 0.6 is 0 Å². The molecule has 0 heterocycles. The van der Waals surface area contributed by atoms with Gasteiger partial charge in [-0.15, -0.1) is 0 Å². The fraction of sp³-hybridized carbons (Fsp3) is 0.318. The third-order valence-corrected chi connectivity index (χ3v) is 5.46. The highest BCUT2D eigenvalue weighted by Gasteiger charge is 2.50. The zero-order chi connectivity index (χ0) is 18.3. The standard InChI is InChI=1S/C22H20O4/c1-13(14-7-3-2-4-8-14)26-19-12-15(23)11-18-20(19)22(25)17-10-6-5-9-16(17)21(18)24/h2-10,13,18-20H,11-12H2,1H3/t13-,18-,19+,20-/m0/s1. The van der Waals surface area contributed by atoms with Gasteiger partial charge in [-0.1, -0.05) is 54.6 Å². The van der Waals surface area contributed by atoms with Gasteiger partial charge in [0.25, 0.3) is 0 Å². The normalized spacial score (nSPS) is 26.2. The summed E-state index contributed by atoms with van der Waals surface area (Å²) in [5.41, 5.74) is 1.87. The predicted molar refractivity (Wildman–Crippen MR) is 96.1 cm³/mol. The van der Waals surface area contributed by atoms with Gasteiger partial charge in [-0.3, -0.25) is 14.4 Å². The maximum absolute atomic E-state index is 13.1. The molecule has 0 spiro atoms. The van der Waals surface area contributed by atoms with Gasteiger partial charge in [-0.2, -0.15) is 0 Å². The molecule has 4 atom stereocenters. The van der Waals surface area contributed by atoms with E-state index in [2.05, 4.69) is 0 Å². The van der Waals surface area contributed by atoms with Crippen LogP contribution in [0.15, 0.2) is 54.6 Å². The summed E-state index contributed by atoms with van der Waals surface area (Å²) in [6, 6.07) is 16.6. The molecule has 0 N–H and O–H groups in total. The fourth-order valence-corrected chi connectivity index (χ4v) is 4.16. The SMILES string of the molecule is C[C@H](O[C@@H]1CC(=O)C[C@@H]2C(=O)c3ccccc3C(=O)[C@@H]21)c1ccccc1. The van der Waals surface area contributed by atoms with E-state index in [4.69, 9.17) is 4.74 Å². The van der Waals surface area contributed by atoms with Gasteiger partial charge in [0.2, 0.25) is 0 Å². The molecule has 2 aliphatic carbocycles. The van der Waals surface area contributed by atoms with Gasteiger partial charge in [-0.25, -0.2) is 0 Å². The summed E-state index contributed by atoms with van der Waals surface area (Å²) in [5, 5.41) is 0. The molecule has 0 saturated heterocycles. The van der Waals surface area contributed by atoms with Crippen LogP contribution in [0.2, 0.25) is 0 Å². The second-order valence-corrected chi connectivity index (χ2v) is 7.08. The highest BCUT2D eigenvalue weighted by atomic mass is 16.5. The van der Waals surface area contributed by atoms with Crippen molar-refractivity contribution in [3.05, 3.63) is 71.3 Å². The number of Topliss-reactive ketones (excluding diaryl/α,β-unsaturated/α-hetero) is 3. The van der Waals surface area contributed by atoms with Gasteiger partial charge in [0.05, 0.1) is 18.1 Å². The number of hydrogen-bond acceptors (Lipinski definition) is 4. The van der Waals surface area contributed by atoms with Crippen molar-refractivity contribution in [2.75, 3.05) is 0 Å². The molecule has 1 fully saturated rings. The molecular weight excluding hydrogens is 328 g/mol. The Bertz CT molecular complexity index is 871. The first-order valence-electron chi connectivity index (χ1n) is 8.96. The summed E-state index contributed by atoms with van der Waals surface area (Å²) in [6.07, 6.45) is -0.517. The molecule has 0 aromatic heterocycles. The molecular formula is C22H20O4. The molecule has 4 heteroatoms. The smallest absolute Gasteiger partial charge is 0.170 e. The average molecular weight is 348 g/mol. The van der Waals surface area contributed by atoms with Crippen molar-refractivity contribution in [2.24, 2.45) is 11.8 Å². The summed E-state index contributed by atoms with van der Waals surface area (Å²) < 4.78 is 6.16. The molecule has 0 unspecified atom stereocenters. The number of rotatable bonds is 3. The summed E-state index contributed by atoms with van der Waals surface area (Å²) in [5.74, 6) is -1.40. The molecule has 1 saturated carbocycles. The van der Waals surface area contributed by atoms with Crippen LogP contribution in [0.4, 0.5) is 0 Å². The number of ketones is 3. The second-order valence-electron chi connectivity index (χ2n) is 7.08. The molecule has 2 aromatic carbocycles. The lowest BCUT2D eigenvalue weighted by atomic mass is 9.65. The molecule has 0 radical (unpaired) electrons. The average Bonchev–Trinajstić information content (AvgIpc) is 2.66. The molecule has 26 heavy (non-hydrogen) atoms. The third kappa shape index (κ3) is 2.80. The van der Waals surface area contributed by atoms with Crippen LogP contribution < -0.4 is 0 Å².